The van der Waals surface area contributed by atoms with Crippen LogP contribution in [0, 0.1) is 0 Å². The molecule has 0 aliphatic carbocycles. The summed E-state index contributed by atoms with van der Waals surface area (Å²) in [7, 11) is 1.40. The summed E-state index contributed by atoms with van der Waals surface area (Å²) in [6.07, 6.45) is -1.07. The van der Waals surface area contributed by atoms with Crippen LogP contribution < -0.4 is 10.1 Å². The van der Waals surface area contributed by atoms with Crippen LogP contribution in [0.3, 0.4) is 0 Å². The molecule has 0 fully saturated rings. The van der Waals surface area contributed by atoms with Crippen molar-refractivity contribution in [3.05, 3.63) is 57.6 Å². The van der Waals surface area contributed by atoms with Gasteiger partial charge in [0.05, 0.1) is 22.7 Å². The lowest BCUT2D eigenvalue weighted by Crippen LogP contribution is -2.30. The SMILES string of the molecule is COc1c(Cl)cc(C(=O)O[C@@H](C)C(=O)Nc2ccc(C(C)=O)cc2)cc1Cl. The predicted molar refractivity (Wildman–Crippen MR) is 103 cm³/mol. The number of ketones is 1. The summed E-state index contributed by atoms with van der Waals surface area (Å²) in [6, 6.07) is 9.06. The van der Waals surface area contributed by atoms with Crippen molar-refractivity contribution in [1.82, 2.24) is 0 Å². The van der Waals surface area contributed by atoms with Crippen molar-refractivity contribution >= 4 is 46.5 Å². The van der Waals surface area contributed by atoms with Crippen molar-refractivity contribution in [3.63, 3.8) is 0 Å². The molecule has 0 aromatic heterocycles. The summed E-state index contributed by atoms with van der Waals surface area (Å²) in [6.45, 7) is 2.89. The smallest absolute Gasteiger partial charge is 0.339 e. The fraction of sp³-hybridized carbons (Fsp3) is 0.211. The van der Waals surface area contributed by atoms with E-state index in [1.165, 1.54) is 33.1 Å². The van der Waals surface area contributed by atoms with E-state index in [9.17, 15) is 14.4 Å². The number of hydrogen-bond acceptors (Lipinski definition) is 5. The van der Waals surface area contributed by atoms with Gasteiger partial charge < -0.3 is 14.8 Å². The highest BCUT2D eigenvalue weighted by Gasteiger charge is 2.21. The van der Waals surface area contributed by atoms with Crippen LogP contribution in [0.25, 0.3) is 0 Å². The predicted octanol–water partition coefficient (Wildman–Crippen LogP) is 4.39. The Kier molecular flexibility index (Phi) is 6.82. The van der Waals surface area contributed by atoms with Crippen LogP contribution >= 0.6 is 23.2 Å². The van der Waals surface area contributed by atoms with Gasteiger partial charge in [-0.1, -0.05) is 23.2 Å². The van der Waals surface area contributed by atoms with Crippen LogP contribution in [0.2, 0.25) is 10.0 Å². The van der Waals surface area contributed by atoms with Gasteiger partial charge in [-0.05, 0) is 50.2 Å². The Labute approximate surface area is 166 Å². The standard InChI is InChI=1S/C19H17Cl2NO5/c1-10(23)12-4-6-14(7-5-12)22-18(24)11(2)27-19(25)13-8-15(20)17(26-3)16(21)9-13/h4-9,11H,1-3H3,(H,22,24)/t11-/m0/s1. The number of esters is 1. The van der Waals surface area contributed by atoms with Crippen molar-refractivity contribution in [1.29, 1.82) is 0 Å². The first-order valence-electron chi connectivity index (χ1n) is 7.88. The van der Waals surface area contributed by atoms with E-state index in [1.54, 1.807) is 24.3 Å². The number of benzene rings is 2. The molecule has 0 unspecified atom stereocenters. The van der Waals surface area contributed by atoms with Crippen molar-refractivity contribution in [3.8, 4) is 5.75 Å². The molecular formula is C19H17Cl2NO5. The zero-order chi connectivity index (χ0) is 20.1. The molecule has 27 heavy (non-hydrogen) atoms. The summed E-state index contributed by atoms with van der Waals surface area (Å²) in [5.41, 5.74) is 1.10. The first-order chi connectivity index (χ1) is 12.7. The third-order valence-corrected chi connectivity index (χ3v) is 4.21. The number of hydrogen-bond donors (Lipinski definition) is 1. The van der Waals surface area contributed by atoms with Crippen LogP contribution in [-0.2, 0) is 9.53 Å². The Balaban J connectivity index is 2.03. The number of carbonyl (C=O) groups is 3. The second kappa shape index (κ2) is 8.88. The average Bonchev–Trinajstić information content (AvgIpc) is 2.61. The lowest BCUT2D eigenvalue weighted by molar-refractivity contribution is -0.123. The topological polar surface area (TPSA) is 81.7 Å². The Morgan fingerprint density at radius 2 is 1.56 bits per heavy atom. The molecule has 1 N–H and O–H groups in total. The maximum absolute atomic E-state index is 12.2. The van der Waals surface area contributed by atoms with Crippen molar-refractivity contribution in [2.24, 2.45) is 0 Å². The number of anilines is 1. The molecule has 0 aliphatic rings. The fourth-order valence-corrected chi connectivity index (χ4v) is 2.83. The number of methoxy groups -OCH3 is 1. The number of rotatable bonds is 6. The maximum Gasteiger partial charge on any atom is 0.339 e. The molecule has 2 aromatic carbocycles. The van der Waals surface area contributed by atoms with E-state index in [2.05, 4.69) is 5.32 Å². The number of Topliss-reactive ketones (excluding diaryl/α,β-unsaturated/α-hetero) is 1. The largest absolute Gasteiger partial charge is 0.494 e. The van der Waals surface area contributed by atoms with Gasteiger partial charge in [-0.25, -0.2) is 4.79 Å². The lowest BCUT2D eigenvalue weighted by atomic mass is 10.1. The number of carbonyl (C=O) groups excluding carboxylic acids is 3. The highest BCUT2D eigenvalue weighted by molar-refractivity contribution is 6.37. The van der Waals surface area contributed by atoms with Gasteiger partial charge in [-0.15, -0.1) is 0 Å². The van der Waals surface area contributed by atoms with E-state index >= 15 is 0 Å². The molecule has 1 atom stereocenters. The van der Waals surface area contributed by atoms with E-state index in [-0.39, 0.29) is 27.1 Å². The van der Waals surface area contributed by atoms with Gasteiger partial charge in [-0.3, -0.25) is 9.59 Å². The van der Waals surface area contributed by atoms with Gasteiger partial charge in [0, 0.05) is 11.3 Å². The number of amides is 1. The van der Waals surface area contributed by atoms with E-state index in [1.807, 2.05) is 0 Å². The molecule has 0 radical (unpaired) electrons. The van der Waals surface area contributed by atoms with Crippen LogP contribution in [0.4, 0.5) is 5.69 Å². The molecule has 0 saturated carbocycles. The highest BCUT2D eigenvalue weighted by atomic mass is 35.5. The molecule has 8 heteroatoms. The third-order valence-electron chi connectivity index (χ3n) is 3.65. The van der Waals surface area contributed by atoms with Gasteiger partial charge in [-0.2, -0.15) is 0 Å². The lowest BCUT2D eigenvalue weighted by Gasteiger charge is -2.14. The molecule has 0 bridgehead atoms. The first kappa shape index (κ1) is 20.7. The molecule has 0 aliphatic heterocycles. The van der Waals surface area contributed by atoms with Crippen LogP contribution in [-0.4, -0.2) is 30.9 Å². The van der Waals surface area contributed by atoms with Gasteiger partial charge in [0.2, 0.25) is 0 Å². The van der Waals surface area contributed by atoms with Crippen molar-refractivity contribution in [2.45, 2.75) is 20.0 Å². The Morgan fingerprint density at radius 1 is 1.00 bits per heavy atom. The highest BCUT2D eigenvalue weighted by Crippen LogP contribution is 2.34. The normalized spacial score (nSPS) is 11.4. The number of ether oxygens (including phenoxy) is 2. The summed E-state index contributed by atoms with van der Waals surface area (Å²) >= 11 is 12.0. The first-order valence-corrected chi connectivity index (χ1v) is 8.64. The fourth-order valence-electron chi connectivity index (χ4n) is 2.19. The molecule has 2 aromatic rings. The van der Waals surface area contributed by atoms with Gasteiger partial charge >= 0.3 is 5.97 Å². The molecule has 0 spiro atoms. The van der Waals surface area contributed by atoms with Gasteiger partial charge in [0.25, 0.3) is 5.91 Å². The second-order valence-corrected chi connectivity index (χ2v) is 6.46. The van der Waals surface area contributed by atoms with E-state index in [4.69, 9.17) is 32.7 Å². The minimum absolute atomic E-state index is 0.0769. The van der Waals surface area contributed by atoms with E-state index in [0.29, 0.717) is 11.3 Å². The maximum atomic E-state index is 12.2. The zero-order valence-corrected chi connectivity index (χ0v) is 16.4. The van der Waals surface area contributed by atoms with E-state index in [0.717, 1.165) is 0 Å². The molecule has 1 amide bonds. The summed E-state index contributed by atoms with van der Waals surface area (Å²) in [5.74, 6) is -1.11. The minimum atomic E-state index is -1.07. The zero-order valence-electron chi connectivity index (χ0n) is 14.8. The van der Waals surface area contributed by atoms with Crippen molar-refractivity contribution in [2.75, 3.05) is 12.4 Å². The van der Waals surface area contributed by atoms with E-state index < -0.39 is 18.0 Å². The minimum Gasteiger partial charge on any atom is -0.494 e. The van der Waals surface area contributed by atoms with Crippen LogP contribution in [0.15, 0.2) is 36.4 Å². The Hall–Kier alpha value is -2.57. The van der Waals surface area contributed by atoms with Gasteiger partial charge in [0.1, 0.15) is 0 Å². The van der Waals surface area contributed by atoms with Crippen LogP contribution in [0.5, 0.6) is 5.75 Å². The number of halogens is 2. The molecule has 0 saturated heterocycles. The Morgan fingerprint density at radius 3 is 2.04 bits per heavy atom. The third kappa shape index (κ3) is 5.21. The number of nitrogens with one attached hydrogen (secondary N) is 1. The molecule has 6 nitrogen and oxygen atoms in total. The summed E-state index contributed by atoms with van der Waals surface area (Å²) in [5, 5.41) is 2.91. The molecular weight excluding hydrogens is 393 g/mol. The Bertz CT molecular complexity index is 857. The molecule has 0 heterocycles. The summed E-state index contributed by atoms with van der Waals surface area (Å²) < 4.78 is 10.2. The van der Waals surface area contributed by atoms with Crippen LogP contribution in [0.1, 0.15) is 34.6 Å². The monoisotopic (exact) mass is 409 g/mol. The second-order valence-electron chi connectivity index (χ2n) is 5.64. The van der Waals surface area contributed by atoms with Crippen molar-refractivity contribution < 1.29 is 23.9 Å². The quantitative estimate of drug-likeness (QED) is 0.564. The summed E-state index contributed by atoms with van der Waals surface area (Å²) in [4.78, 5) is 35.7. The average molecular weight is 410 g/mol. The van der Waals surface area contributed by atoms with Gasteiger partial charge in [0.15, 0.2) is 17.6 Å². The molecule has 2 rings (SSSR count). The molecule has 142 valence electrons.